The third-order valence-corrected chi connectivity index (χ3v) is 3.05. The molecule has 2 rings (SSSR count). The quantitative estimate of drug-likeness (QED) is 0.857. The highest BCUT2D eigenvalue weighted by atomic mass is 19.2. The maximum atomic E-state index is 13.2. The Hall–Kier alpha value is -2.31. The van der Waals surface area contributed by atoms with Gasteiger partial charge in [0, 0.05) is 12.1 Å². The molecule has 2 aromatic rings. The van der Waals surface area contributed by atoms with Crippen LogP contribution in [0.3, 0.4) is 0 Å². The van der Waals surface area contributed by atoms with E-state index >= 15 is 0 Å². The van der Waals surface area contributed by atoms with Gasteiger partial charge in [-0.25, -0.2) is 18.6 Å². The zero-order chi connectivity index (χ0) is 15.4. The zero-order valence-corrected chi connectivity index (χ0v) is 11.4. The lowest BCUT2D eigenvalue weighted by Crippen LogP contribution is -2.29. The molecule has 0 aliphatic carbocycles. The van der Waals surface area contributed by atoms with Crippen molar-refractivity contribution in [3.8, 4) is 0 Å². The summed E-state index contributed by atoms with van der Waals surface area (Å²) in [6.07, 6.45) is 3.38. The second-order valence-electron chi connectivity index (χ2n) is 4.69. The molecule has 0 radical (unpaired) electrons. The average Bonchev–Trinajstić information content (AvgIpc) is 2.44. The van der Waals surface area contributed by atoms with Crippen LogP contribution in [-0.2, 0) is 4.79 Å². The second-order valence-corrected chi connectivity index (χ2v) is 4.69. The molecular formula is C14H15F2N3O2. The predicted molar refractivity (Wildman–Crippen MR) is 74.0 cm³/mol. The van der Waals surface area contributed by atoms with Crippen LogP contribution in [0.4, 0.5) is 14.6 Å². The van der Waals surface area contributed by atoms with Crippen molar-refractivity contribution in [1.29, 1.82) is 0 Å². The molecule has 0 aliphatic rings. The largest absolute Gasteiger partial charge is 0.480 e. The van der Waals surface area contributed by atoms with Crippen LogP contribution in [-0.4, -0.2) is 27.1 Å². The number of halogens is 2. The minimum Gasteiger partial charge on any atom is -0.480 e. The van der Waals surface area contributed by atoms with Gasteiger partial charge in [0.15, 0.2) is 11.6 Å². The van der Waals surface area contributed by atoms with E-state index in [0.29, 0.717) is 6.42 Å². The molecule has 1 atom stereocenters. The Kier molecular flexibility index (Phi) is 4.62. The smallest absolute Gasteiger partial charge is 0.326 e. The summed E-state index contributed by atoms with van der Waals surface area (Å²) >= 11 is 0. The van der Waals surface area contributed by atoms with Crippen molar-refractivity contribution in [2.75, 3.05) is 5.32 Å². The number of fused-ring (bicyclic) bond motifs is 1. The molecular weight excluding hydrogens is 280 g/mol. The van der Waals surface area contributed by atoms with Gasteiger partial charge in [0.2, 0.25) is 0 Å². The van der Waals surface area contributed by atoms with E-state index in [2.05, 4.69) is 15.3 Å². The standard InChI is InChI=1S/C14H15F2N3O2/c1-2-3-4-10(14(20)21)18-13-7-17-11-5-8(15)9(16)6-12(11)19-13/h5-7,10H,2-4H2,1H3,(H,18,19)(H,20,21). The molecule has 0 saturated carbocycles. The Balaban J connectivity index is 2.25. The lowest BCUT2D eigenvalue weighted by atomic mass is 10.1. The van der Waals surface area contributed by atoms with Crippen LogP contribution in [0.25, 0.3) is 11.0 Å². The minimum atomic E-state index is -1.02. The fourth-order valence-corrected chi connectivity index (χ4v) is 1.92. The Labute approximate surface area is 120 Å². The first-order chi connectivity index (χ1) is 10.0. The Morgan fingerprint density at radius 3 is 2.62 bits per heavy atom. The molecule has 0 amide bonds. The monoisotopic (exact) mass is 295 g/mol. The molecule has 1 unspecified atom stereocenters. The third kappa shape index (κ3) is 3.62. The molecule has 1 heterocycles. The van der Waals surface area contributed by atoms with E-state index in [9.17, 15) is 13.6 Å². The van der Waals surface area contributed by atoms with Crippen LogP contribution in [0.1, 0.15) is 26.2 Å². The van der Waals surface area contributed by atoms with Crippen molar-refractivity contribution < 1.29 is 18.7 Å². The summed E-state index contributed by atoms with van der Waals surface area (Å²) in [5.74, 6) is -2.79. The molecule has 1 aromatic heterocycles. The molecule has 5 nitrogen and oxygen atoms in total. The van der Waals surface area contributed by atoms with Crippen molar-refractivity contribution >= 4 is 22.8 Å². The summed E-state index contributed by atoms with van der Waals surface area (Å²) in [4.78, 5) is 19.2. The number of carbonyl (C=O) groups is 1. The number of benzene rings is 1. The van der Waals surface area contributed by atoms with Crippen LogP contribution >= 0.6 is 0 Å². The van der Waals surface area contributed by atoms with Crippen molar-refractivity contribution in [2.24, 2.45) is 0 Å². The van der Waals surface area contributed by atoms with Gasteiger partial charge in [-0.15, -0.1) is 0 Å². The van der Waals surface area contributed by atoms with Gasteiger partial charge in [-0.3, -0.25) is 4.98 Å². The fourth-order valence-electron chi connectivity index (χ4n) is 1.92. The molecule has 0 saturated heterocycles. The summed E-state index contributed by atoms with van der Waals surface area (Å²) in [6.45, 7) is 1.96. The highest BCUT2D eigenvalue weighted by Gasteiger charge is 2.17. The van der Waals surface area contributed by atoms with Crippen LogP contribution in [0.2, 0.25) is 0 Å². The second kappa shape index (κ2) is 6.43. The van der Waals surface area contributed by atoms with Crippen molar-refractivity contribution in [2.45, 2.75) is 32.2 Å². The van der Waals surface area contributed by atoms with Gasteiger partial charge >= 0.3 is 5.97 Å². The van der Waals surface area contributed by atoms with Gasteiger partial charge < -0.3 is 10.4 Å². The molecule has 21 heavy (non-hydrogen) atoms. The third-order valence-electron chi connectivity index (χ3n) is 3.05. The lowest BCUT2D eigenvalue weighted by Gasteiger charge is -2.14. The molecule has 1 aromatic carbocycles. The number of unbranched alkanes of at least 4 members (excludes halogenated alkanes) is 1. The number of anilines is 1. The normalized spacial score (nSPS) is 12.3. The number of rotatable bonds is 6. The molecule has 7 heteroatoms. The van der Waals surface area contributed by atoms with Crippen LogP contribution in [0.15, 0.2) is 18.3 Å². The van der Waals surface area contributed by atoms with E-state index in [0.717, 1.165) is 25.0 Å². The van der Waals surface area contributed by atoms with E-state index in [-0.39, 0.29) is 16.9 Å². The van der Waals surface area contributed by atoms with Gasteiger partial charge in [0.25, 0.3) is 0 Å². The number of carboxylic acid groups (broad SMARTS) is 1. The maximum absolute atomic E-state index is 13.2. The molecule has 0 fully saturated rings. The molecule has 112 valence electrons. The Morgan fingerprint density at radius 2 is 2.00 bits per heavy atom. The molecule has 0 bridgehead atoms. The van der Waals surface area contributed by atoms with Gasteiger partial charge in [-0.2, -0.15) is 0 Å². The first-order valence-corrected chi connectivity index (χ1v) is 6.62. The Bertz CT molecular complexity index is 664. The minimum absolute atomic E-state index is 0.165. The van der Waals surface area contributed by atoms with E-state index in [1.807, 2.05) is 6.92 Å². The number of hydrogen-bond acceptors (Lipinski definition) is 4. The summed E-state index contributed by atoms with van der Waals surface area (Å²) in [6, 6.07) is 1.10. The van der Waals surface area contributed by atoms with E-state index in [1.165, 1.54) is 6.20 Å². The fraction of sp³-hybridized carbons (Fsp3) is 0.357. The maximum Gasteiger partial charge on any atom is 0.326 e. The number of hydrogen-bond donors (Lipinski definition) is 2. The van der Waals surface area contributed by atoms with Crippen molar-refractivity contribution in [3.63, 3.8) is 0 Å². The van der Waals surface area contributed by atoms with Gasteiger partial charge in [0.1, 0.15) is 11.9 Å². The van der Waals surface area contributed by atoms with Crippen molar-refractivity contribution in [3.05, 3.63) is 30.0 Å². The van der Waals surface area contributed by atoms with Gasteiger partial charge in [0.05, 0.1) is 17.2 Å². The van der Waals surface area contributed by atoms with Crippen LogP contribution < -0.4 is 5.32 Å². The number of aromatic nitrogens is 2. The number of carboxylic acids is 1. The molecule has 0 aliphatic heterocycles. The SMILES string of the molecule is CCCCC(Nc1cnc2cc(F)c(F)cc2n1)C(=O)O. The number of aliphatic carboxylic acids is 1. The van der Waals surface area contributed by atoms with E-state index in [4.69, 9.17) is 5.11 Å². The topological polar surface area (TPSA) is 75.1 Å². The van der Waals surface area contributed by atoms with Crippen LogP contribution in [0.5, 0.6) is 0 Å². The Morgan fingerprint density at radius 1 is 1.33 bits per heavy atom. The van der Waals surface area contributed by atoms with Crippen LogP contribution in [0, 0.1) is 11.6 Å². The first kappa shape index (κ1) is 15.1. The van der Waals surface area contributed by atoms with Gasteiger partial charge in [-0.1, -0.05) is 19.8 Å². The predicted octanol–water partition coefficient (Wildman–Crippen LogP) is 2.96. The summed E-state index contributed by atoms with van der Waals surface area (Å²) in [5.41, 5.74) is 0.374. The summed E-state index contributed by atoms with van der Waals surface area (Å²) in [5, 5.41) is 11.9. The zero-order valence-electron chi connectivity index (χ0n) is 11.4. The van der Waals surface area contributed by atoms with Gasteiger partial charge in [-0.05, 0) is 6.42 Å². The summed E-state index contributed by atoms with van der Waals surface area (Å²) < 4.78 is 26.2. The highest BCUT2D eigenvalue weighted by molar-refractivity contribution is 5.79. The van der Waals surface area contributed by atoms with E-state index < -0.39 is 23.6 Å². The highest BCUT2D eigenvalue weighted by Crippen LogP contribution is 2.17. The van der Waals surface area contributed by atoms with Crippen molar-refractivity contribution in [1.82, 2.24) is 9.97 Å². The molecule has 2 N–H and O–H groups in total. The summed E-state index contributed by atoms with van der Waals surface area (Å²) in [7, 11) is 0. The molecule has 0 spiro atoms. The first-order valence-electron chi connectivity index (χ1n) is 6.62. The lowest BCUT2D eigenvalue weighted by molar-refractivity contribution is -0.138. The average molecular weight is 295 g/mol. The number of nitrogens with zero attached hydrogens (tertiary/aromatic N) is 2. The van der Waals surface area contributed by atoms with E-state index in [1.54, 1.807) is 0 Å². The number of nitrogens with one attached hydrogen (secondary N) is 1.